The van der Waals surface area contributed by atoms with Crippen molar-refractivity contribution in [1.29, 1.82) is 0 Å². The minimum absolute atomic E-state index is 0.241. The maximum Gasteiger partial charge on any atom is 0.338 e. The number of hydrogen-bond acceptors (Lipinski definition) is 1. The molecule has 2 aromatic rings. The molecule has 1 aromatic heterocycles. The molecule has 2 rings (SSSR count). The van der Waals surface area contributed by atoms with E-state index in [0.717, 1.165) is 16.5 Å². The molecule has 0 amide bonds. The first-order valence-corrected chi connectivity index (χ1v) is 7.14. The van der Waals surface area contributed by atoms with Crippen LogP contribution in [0.1, 0.15) is 66.8 Å². The van der Waals surface area contributed by atoms with Gasteiger partial charge in [0, 0.05) is 17.1 Å². The first kappa shape index (κ1) is 14.6. The van der Waals surface area contributed by atoms with Crippen LogP contribution in [0.15, 0.2) is 12.1 Å². The molecule has 20 heavy (non-hydrogen) atoms. The minimum Gasteiger partial charge on any atom is -0.478 e. The van der Waals surface area contributed by atoms with Crippen molar-refractivity contribution < 1.29 is 9.90 Å². The maximum absolute atomic E-state index is 11.7. The van der Waals surface area contributed by atoms with Gasteiger partial charge in [0.15, 0.2) is 0 Å². The highest BCUT2D eigenvalue weighted by atomic mass is 16.4. The van der Waals surface area contributed by atoms with Crippen molar-refractivity contribution in [3.05, 3.63) is 34.5 Å². The molecule has 1 heterocycles. The molecule has 3 nitrogen and oxygen atoms in total. The monoisotopic (exact) mass is 273 g/mol. The molecule has 1 aromatic carbocycles. The lowest BCUT2D eigenvalue weighted by molar-refractivity contribution is 0.0698. The molecule has 0 saturated carbocycles. The molecule has 0 atom stereocenters. The molecule has 0 aliphatic heterocycles. The van der Waals surface area contributed by atoms with Crippen LogP contribution >= 0.6 is 0 Å². The van der Waals surface area contributed by atoms with E-state index in [9.17, 15) is 9.90 Å². The Morgan fingerprint density at radius 2 is 1.75 bits per heavy atom. The SMILES string of the molecule is Cc1ccc2c(C(C)C)c(C)n(C(C)C)c2c1C(=O)O. The summed E-state index contributed by atoms with van der Waals surface area (Å²) in [6.07, 6.45) is 0. The lowest BCUT2D eigenvalue weighted by Gasteiger charge is -2.15. The summed E-state index contributed by atoms with van der Waals surface area (Å²) in [6, 6.07) is 4.23. The van der Waals surface area contributed by atoms with Crippen LogP contribution in [0, 0.1) is 13.8 Å². The molecule has 108 valence electrons. The Kier molecular flexibility index (Phi) is 3.63. The molecule has 0 radical (unpaired) electrons. The van der Waals surface area contributed by atoms with Crippen LogP contribution in [-0.2, 0) is 0 Å². The van der Waals surface area contributed by atoms with Crippen LogP contribution in [0.3, 0.4) is 0 Å². The molecular formula is C17H23NO2. The maximum atomic E-state index is 11.7. The highest BCUT2D eigenvalue weighted by molar-refractivity contribution is 6.05. The van der Waals surface area contributed by atoms with Crippen LogP contribution < -0.4 is 0 Å². The number of carboxylic acid groups (broad SMARTS) is 1. The van der Waals surface area contributed by atoms with Gasteiger partial charge in [0.2, 0.25) is 0 Å². The second-order valence-corrected chi connectivity index (χ2v) is 6.08. The van der Waals surface area contributed by atoms with Crippen molar-refractivity contribution in [2.75, 3.05) is 0 Å². The van der Waals surface area contributed by atoms with Crippen LogP contribution in [0.25, 0.3) is 10.9 Å². The van der Waals surface area contributed by atoms with Crippen LogP contribution in [0.4, 0.5) is 0 Å². The highest BCUT2D eigenvalue weighted by Crippen LogP contribution is 2.36. The molecule has 0 aliphatic rings. The fourth-order valence-electron chi connectivity index (χ4n) is 3.30. The Bertz CT molecular complexity index is 678. The number of nitrogens with zero attached hydrogens (tertiary/aromatic N) is 1. The first-order chi connectivity index (χ1) is 9.27. The molecule has 0 fully saturated rings. The van der Waals surface area contributed by atoms with Gasteiger partial charge in [-0.05, 0) is 44.7 Å². The average molecular weight is 273 g/mol. The predicted octanol–water partition coefficient (Wildman–Crippen LogP) is 4.66. The lowest BCUT2D eigenvalue weighted by atomic mass is 9.97. The normalized spacial score (nSPS) is 11.8. The van der Waals surface area contributed by atoms with E-state index in [4.69, 9.17) is 0 Å². The summed E-state index contributed by atoms with van der Waals surface area (Å²) in [6.45, 7) is 12.5. The fourth-order valence-corrected chi connectivity index (χ4v) is 3.30. The summed E-state index contributed by atoms with van der Waals surface area (Å²) < 4.78 is 2.17. The Morgan fingerprint density at radius 1 is 1.15 bits per heavy atom. The van der Waals surface area contributed by atoms with E-state index in [1.807, 2.05) is 13.0 Å². The van der Waals surface area contributed by atoms with Crippen molar-refractivity contribution in [1.82, 2.24) is 4.57 Å². The zero-order valence-corrected chi connectivity index (χ0v) is 13.1. The summed E-state index contributed by atoms with van der Waals surface area (Å²) in [5, 5.41) is 10.7. The van der Waals surface area contributed by atoms with Gasteiger partial charge in [-0.2, -0.15) is 0 Å². The first-order valence-electron chi connectivity index (χ1n) is 7.14. The van der Waals surface area contributed by atoms with E-state index in [1.165, 1.54) is 11.3 Å². The number of carboxylic acids is 1. The largest absolute Gasteiger partial charge is 0.478 e. The second-order valence-electron chi connectivity index (χ2n) is 6.08. The van der Waals surface area contributed by atoms with Gasteiger partial charge in [-0.3, -0.25) is 0 Å². The van der Waals surface area contributed by atoms with Crippen LogP contribution in [-0.4, -0.2) is 15.6 Å². The molecule has 1 N–H and O–H groups in total. The summed E-state index contributed by atoms with van der Waals surface area (Å²) >= 11 is 0. The molecule has 0 aliphatic carbocycles. The van der Waals surface area contributed by atoms with E-state index < -0.39 is 5.97 Å². The molecule has 0 saturated heterocycles. The standard InChI is InChI=1S/C17H23NO2/c1-9(2)14-12(6)18(10(3)4)16-13(14)8-7-11(5)15(16)17(19)20/h7-10H,1-6H3,(H,19,20). The quantitative estimate of drug-likeness (QED) is 0.883. The average Bonchev–Trinajstić information content (AvgIpc) is 2.60. The molecule has 0 unspecified atom stereocenters. The number of carbonyl (C=O) groups is 1. The summed E-state index contributed by atoms with van der Waals surface area (Å²) in [7, 11) is 0. The lowest BCUT2D eigenvalue weighted by Crippen LogP contribution is -2.08. The molecule has 3 heteroatoms. The molecule has 0 bridgehead atoms. The zero-order valence-electron chi connectivity index (χ0n) is 13.1. The van der Waals surface area contributed by atoms with Crippen molar-refractivity contribution in [3.8, 4) is 0 Å². The van der Waals surface area contributed by atoms with Crippen molar-refractivity contribution >= 4 is 16.9 Å². The number of aryl methyl sites for hydroxylation is 1. The van der Waals surface area contributed by atoms with Gasteiger partial charge in [0.25, 0.3) is 0 Å². The van der Waals surface area contributed by atoms with Gasteiger partial charge in [-0.25, -0.2) is 4.79 Å². The highest BCUT2D eigenvalue weighted by Gasteiger charge is 2.23. The van der Waals surface area contributed by atoms with Gasteiger partial charge in [-0.15, -0.1) is 0 Å². The number of fused-ring (bicyclic) bond motifs is 1. The van der Waals surface area contributed by atoms with E-state index >= 15 is 0 Å². The van der Waals surface area contributed by atoms with Crippen LogP contribution in [0.5, 0.6) is 0 Å². The summed E-state index contributed by atoms with van der Waals surface area (Å²) in [5.74, 6) is -0.468. The number of rotatable bonds is 3. The van der Waals surface area contributed by atoms with Crippen LogP contribution in [0.2, 0.25) is 0 Å². The third-order valence-corrected chi connectivity index (χ3v) is 3.98. The Hall–Kier alpha value is -1.77. The van der Waals surface area contributed by atoms with Gasteiger partial charge < -0.3 is 9.67 Å². The van der Waals surface area contributed by atoms with Crippen molar-refractivity contribution in [2.45, 2.75) is 53.5 Å². The van der Waals surface area contributed by atoms with E-state index in [-0.39, 0.29) is 6.04 Å². The zero-order chi connectivity index (χ0) is 15.2. The van der Waals surface area contributed by atoms with Gasteiger partial charge >= 0.3 is 5.97 Å². The van der Waals surface area contributed by atoms with Crippen molar-refractivity contribution in [3.63, 3.8) is 0 Å². The summed E-state index contributed by atoms with van der Waals surface area (Å²) in [4.78, 5) is 11.7. The minimum atomic E-state index is -0.845. The Balaban J connectivity index is 3.05. The Morgan fingerprint density at radius 3 is 2.20 bits per heavy atom. The summed E-state index contributed by atoms with van der Waals surface area (Å²) in [5.41, 5.74) is 4.56. The number of hydrogen-bond donors (Lipinski definition) is 1. The van der Waals surface area contributed by atoms with E-state index in [2.05, 4.69) is 45.3 Å². The van der Waals surface area contributed by atoms with E-state index in [1.54, 1.807) is 0 Å². The topological polar surface area (TPSA) is 42.2 Å². The number of benzene rings is 1. The van der Waals surface area contributed by atoms with Gasteiger partial charge in [0.1, 0.15) is 0 Å². The smallest absolute Gasteiger partial charge is 0.338 e. The fraction of sp³-hybridized carbons (Fsp3) is 0.471. The second kappa shape index (κ2) is 4.97. The molecule has 0 spiro atoms. The molecular weight excluding hydrogens is 250 g/mol. The van der Waals surface area contributed by atoms with Crippen molar-refractivity contribution in [2.24, 2.45) is 0 Å². The predicted molar refractivity (Wildman–Crippen MR) is 82.8 cm³/mol. The third-order valence-electron chi connectivity index (χ3n) is 3.98. The third kappa shape index (κ3) is 2.01. The van der Waals surface area contributed by atoms with E-state index in [0.29, 0.717) is 11.5 Å². The van der Waals surface area contributed by atoms with Gasteiger partial charge in [-0.1, -0.05) is 26.0 Å². The number of aromatic carboxylic acids is 1. The van der Waals surface area contributed by atoms with Gasteiger partial charge in [0.05, 0.1) is 11.1 Å². The Labute approximate surface area is 120 Å². The number of aromatic nitrogens is 1.